The topological polar surface area (TPSA) is 29.5 Å². The van der Waals surface area contributed by atoms with Crippen molar-refractivity contribution in [2.45, 2.75) is 18.9 Å². The van der Waals surface area contributed by atoms with E-state index in [1.807, 2.05) is 19.2 Å². The van der Waals surface area contributed by atoms with Gasteiger partial charge >= 0.3 is 0 Å². The lowest BCUT2D eigenvalue weighted by atomic mass is 10.1. The summed E-state index contributed by atoms with van der Waals surface area (Å²) in [6, 6.07) is 13.3. The zero-order valence-corrected chi connectivity index (χ0v) is 14.3. The van der Waals surface area contributed by atoms with Gasteiger partial charge in [-0.2, -0.15) is 0 Å². The molecule has 1 amide bonds. The third-order valence-electron chi connectivity index (χ3n) is 4.21. The van der Waals surface area contributed by atoms with Crippen LogP contribution in [0.2, 0.25) is 10.0 Å². The van der Waals surface area contributed by atoms with Crippen LogP contribution in [0.15, 0.2) is 42.5 Å². The minimum atomic E-state index is -0.0808. The van der Waals surface area contributed by atoms with Crippen LogP contribution in [-0.2, 0) is 11.2 Å². The second-order valence-electron chi connectivity index (χ2n) is 5.62. The van der Waals surface area contributed by atoms with Gasteiger partial charge in [0.25, 0.3) is 5.91 Å². The molecule has 1 atom stereocenters. The van der Waals surface area contributed by atoms with Crippen molar-refractivity contribution in [1.29, 1.82) is 0 Å². The Kier molecular flexibility index (Phi) is 4.79. The van der Waals surface area contributed by atoms with E-state index in [4.69, 9.17) is 27.9 Å². The molecular formula is C18H17Cl2NO2. The smallest absolute Gasteiger partial charge is 0.260 e. The predicted molar refractivity (Wildman–Crippen MR) is 92.2 cm³/mol. The molecule has 3 nitrogen and oxygen atoms in total. The SMILES string of the molecule is CN(C(=O)COc1cc(Cl)ccc1Cl)C1CCc2ccccc21. The lowest BCUT2D eigenvalue weighted by molar-refractivity contribution is -0.134. The molecule has 0 fully saturated rings. The number of nitrogens with zero attached hydrogens (tertiary/aromatic N) is 1. The van der Waals surface area contributed by atoms with E-state index in [-0.39, 0.29) is 18.6 Å². The number of likely N-dealkylation sites (N-methyl/N-ethyl adjacent to an activating group) is 1. The van der Waals surface area contributed by atoms with Gasteiger partial charge < -0.3 is 9.64 Å². The van der Waals surface area contributed by atoms with Gasteiger partial charge in [-0.25, -0.2) is 0 Å². The number of hydrogen-bond acceptors (Lipinski definition) is 2. The highest BCUT2D eigenvalue weighted by Gasteiger charge is 2.28. The second kappa shape index (κ2) is 6.81. The number of ether oxygens (including phenoxy) is 1. The third kappa shape index (κ3) is 3.46. The van der Waals surface area contributed by atoms with Gasteiger partial charge in [0.15, 0.2) is 6.61 Å². The molecule has 2 aromatic carbocycles. The first-order chi connectivity index (χ1) is 11.1. The summed E-state index contributed by atoms with van der Waals surface area (Å²) in [5.74, 6) is 0.343. The van der Waals surface area contributed by atoms with E-state index >= 15 is 0 Å². The van der Waals surface area contributed by atoms with Crippen molar-refractivity contribution in [3.8, 4) is 5.75 Å². The van der Waals surface area contributed by atoms with Gasteiger partial charge in [0.05, 0.1) is 11.1 Å². The van der Waals surface area contributed by atoms with E-state index in [9.17, 15) is 4.79 Å². The van der Waals surface area contributed by atoms with Crippen LogP contribution in [0.3, 0.4) is 0 Å². The Bertz CT molecular complexity index is 733. The summed E-state index contributed by atoms with van der Waals surface area (Å²) < 4.78 is 5.54. The van der Waals surface area contributed by atoms with Crippen LogP contribution in [0.25, 0.3) is 0 Å². The summed E-state index contributed by atoms with van der Waals surface area (Å²) >= 11 is 12.0. The van der Waals surface area contributed by atoms with Crippen LogP contribution in [0, 0.1) is 0 Å². The molecule has 0 aliphatic heterocycles. The van der Waals surface area contributed by atoms with E-state index in [1.165, 1.54) is 11.1 Å². The Morgan fingerprint density at radius 3 is 2.87 bits per heavy atom. The van der Waals surface area contributed by atoms with Gasteiger partial charge in [-0.15, -0.1) is 0 Å². The number of hydrogen-bond donors (Lipinski definition) is 0. The van der Waals surface area contributed by atoms with E-state index in [0.29, 0.717) is 15.8 Å². The van der Waals surface area contributed by atoms with Crippen LogP contribution >= 0.6 is 23.2 Å². The molecule has 2 aromatic rings. The fourth-order valence-electron chi connectivity index (χ4n) is 2.94. The molecule has 0 saturated heterocycles. The molecule has 120 valence electrons. The highest BCUT2D eigenvalue weighted by molar-refractivity contribution is 6.34. The van der Waals surface area contributed by atoms with Crippen LogP contribution in [0.4, 0.5) is 0 Å². The molecular weight excluding hydrogens is 333 g/mol. The van der Waals surface area contributed by atoms with Crippen LogP contribution in [0.1, 0.15) is 23.6 Å². The molecule has 1 aliphatic rings. The third-order valence-corrected chi connectivity index (χ3v) is 4.75. The molecule has 5 heteroatoms. The van der Waals surface area contributed by atoms with E-state index < -0.39 is 0 Å². The first-order valence-corrected chi connectivity index (χ1v) is 8.23. The van der Waals surface area contributed by atoms with Crippen LogP contribution < -0.4 is 4.74 Å². The number of carbonyl (C=O) groups is 1. The highest BCUT2D eigenvalue weighted by Crippen LogP contribution is 2.35. The van der Waals surface area contributed by atoms with Crippen molar-refractivity contribution in [3.05, 3.63) is 63.6 Å². The number of halogens is 2. The summed E-state index contributed by atoms with van der Waals surface area (Å²) in [5.41, 5.74) is 2.54. The lowest BCUT2D eigenvalue weighted by Gasteiger charge is -2.25. The standard InChI is InChI=1S/C18H17Cl2NO2/c1-21(16-9-6-12-4-2-3-5-14(12)16)18(22)11-23-17-10-13(19)7-8-15(17)20/h2-5,7-8,10,16H,6,9,11H2,1H3. The minimum absolute atomic E-state index is 0.0603. The van der Waals surface area contributed by atoms with Crippen molar-refractivity contribution in [3.63, 3.8) is 0 Å². The Hall–Kier alpha value is -1.71. The number of carbonyl (C=O) groups excluding carboxylic acids is 1. The Morgan fingerprint density at radius 1 is 1.26 bits per heavy atom. The molecule has 0 N–H and O–H groups in total. The zero-order valence-electron chi connectivity index (χ0n) is 12.8. The lowest BCUT2D eigenvalue weighted by Crippen LogP contribution is -2.34. The molecule has 1 aliphatic carbocycles. The first kappa shape index (κ1) is 16.2. The monoisotopic (exact) mass is 349 g/mol. The van der Waals surface area contributed by atoms with Gasteiger partial charge in [-0.05, 0) is 36.1 Å². The summed E-state index contributed by atoms with van der Waals surface area (Å²) in [5, 5.41) is 0.964. The van der Waals surface area contributed by atoms with E-state index in [2.05, 4.69) is 12.1 Å². The number of benzene rings is 2. The van der Waals surface area contributed by atoms with Gasteiger partial charge in [0.1, 0.15) is 5.75 Å². The summed E-state index contributed by atoms with van der Waals surface area (Å²) in [4.78, 5) is 14.2. The molecule has 0 saturated carbocycles. The van der Waals surface area contributed by atoms with Gasteiger partial charge in [0.2, 0.25) is 0 Å². The molecule has 0 heterocycles. The van der Waals surface area contributed by atoms with Gasteiger partial charge in [-0.3, -0.25) is 4.79 Å². The molecule has 0 bridgehead atoms. The maximum Gasteiger partial charge on any atom is 0.260 e. The fraction of sp³-hybridized carbons (Fsp3) is 0.278. The molecule has 0 radical (unpaired) electrons. The number of fused-ring (bicyclic) bond motifs is 1. The molecule has 1 unspecified atom stereocenters. The summed E-state index contributed by atoms with van der Waals surface area (Å²) in [6.07, 6.45) is 1.94. The fourth-order valence-corrected chi connectivity index (χ4v) is 3.27. The minimum Gasteiger partial charge on any atom is -0.482 e. The Morgan fingerprint density at radius 2 is 2.04 bits per heavy atom. The van der Waals surface area contributed by atoms with Crippen molar-refractivity contribution >= 4 is 29.1 Å². The van der Waals surface area contributed by atoms with Crippen molar-refractivity contribution < 1.29 is 9.53 Å². The maximum atomic E-state index is 12.4. The van der Waals surface area contributed by atoms with Gasteiger partial charge in [0, 0.05) is 18.1 Å². The average Bonchev–Trinajstić information content (AvgIpc) is 2.98. The molecule has 0 aromatic heterocycles. The normalized spacial score (nSPS) is 16.0. The second-order valence-corrected chi connectivity index (χ2v) is 6.46. The Balaban J connectivity index is 1.66. The number of amides is 1. The van der Waals surface area contributed by atoms with Crippen molar-refractivity contribution in [2.75, 3.05) is 13.7 Å². The van der Waals surface area contributed by atoms with E-state index in [1.54, 1.807) is 23.1 Å². The molecule has 23 heavy (non-hydrogen) atoms. The average molecular weight is 350 g/mol. The van der Waals surface area contributed by atoms with Crippen molar-refractivity contribution in [2.24, 2.45) is 0 Å². The molecule has 3 rings (SSSR count). The first-order valence-electron chi connectivity index (χ1n) is 7.47. The van der Waals surface area contributed by atoms with E-state index in [0.717, 1.165) is 12.8 Å². The number of rotatable bonds is 4. The quantitative estimate of drug-likeness (QED) is 0.812. The van der Waals surface area contributed by atoms with Crippen molar-refractivity contribution in [1.82, 2.24) is 4.90 Å². The maximum absolute atomic E-state index is 12.4. The van der Waals surface area contributed by atoms with Crippen LogP contribution in [0.5, 0.6) is 5.75 Å². The zero-order chi connectivity index (χ0) is 16.4. The Labute approximate surface area is 145 Å². The number of aryl methyl sites for hydroxylation is 1. The molecule has 0 spiro atoms. The summed E-state index contributed by atoms with van der Waals surface area (Å²) in [6.45, 7) is -0.0603. The highest BCUT2D eigenvalue weighted by atomic mass is 35.5. The largest absolute Gasteiger partial charge is 0.482 e. The predicted octanol–water partition coefficient (Wildman–Crippen LogP) is 4.52. The van der Waals surface area contributed by atoms with Crippen LogP contribution in [-0.4, -0.2) is 24.5 Å². The van der Waals surface area contributed by atoms with Gasteiger partial charge in [-0.1, -0.05) is 47.5 Å². The summed E-state index contributed by atoms with van der Waals surface area (Å²) in [7, 11) is 1.82.